The molecule has 2 fully saturated rings. The van der Waals surface area contributed by atoms with Crippen molar-refractivity contribution in [2.24, 2.45) is 0 Å². The van der Waals surface area contributed by atoms with Crippen molar-refractivity contribution in [3.8, 4) is 5.75 Å². The summed E-state index contributed by atoms with van der Waals surface area (Å²) in [6.07, 6.45) is 7.81. The molecule has 2 aliphatic rings. The quantitative estimate of drug-likeness (QED) is 0.933. The van der Waals surface area contributed by atoms with E-state index < -0.39 is 0 Å². The van der Waals surface area contributed by atoms with Gasteiger partial charge in [0, 0.05) is 18.3 Å². The van der Waals surface area contributed by atoms with E-state index in [4.69, 9.17) is 4.74 Å². The van der Waals surface area contributed by atoms with E-state index in [1.54, 1.807) is 17.8 Å². The van der Waals surface area contributed by atoms with Crippen molar-refractivity contribution in [3.63, 3.8) is 0 Å². The first-order valence-corrected chi connectivity index (χ1v) is 8.33. The summed E-state index contributed by atoms with van der Waals surface area (Å²) in [6.45, 7) is 1.97. The highest BCUT2D eigenvalue weighted by Gasteiger charge is 2.39. The van der Waals surface area contributed by atoms with E-state index in [9.17, 15) is 4.79 Å². The molecule has 6 heteroatoms. The Morgan fingerprint density at radius 3 is 2.74 bits per heavy atom. The fourth-order valence-electron chi connectivity index (χ4n) is 3.54. The zero-order valence-electron chi connectivity index (χ0n) is 13.4. The molecule has 0 aromatic carbocycles. The predicted molar refractivity (Wildman–Crippen MR) is 86.8 cm³/mol. The van der Waals surface area contributed by atoms with Crippen LogP contribution in [-0.2, 0) is 0 Å². The number of hydrogen-bond acceptors (Lipinski definition) is 4. The molecule has 0 bridgehead atoms. The third kappa shape index (κ3) is 2.57. The van der Waals surface area contributed by atoms with Gasteiger partial charge in [-0.2, -0.15) is 5.10 Å². The summed E-state index contributed by atoms with van der Waals surface area (Å²) < 4.78 is 7.16. The minimum atomic E-state index is 0.0962. The number of fused-ring (bicyclic) bond motifs is 1. The zero-order valence-corrected chi connectivity index (χ0v) is 13.4. The number of ether oxygens (including phenoxy) is 1. The van der Waals surface area contributed by atoms with Crippen molar-refractivity contribution in [2.45, 2.75) is 37.8 Å². The lowest BCUT2D eigenvalue weighted by atomic mass is 10.0. The molecule has 3 heterocycles. The van der Waals surface area contributed by atoms with Crippen LogP contribution >= 0.6 is 0 Å². The second-order valence-electron chi connectivity index (χ2n) is 6.35. The second kappa shape index (κ2) is 5.85. The highest BCUT2D eigenvalue weighted by molar-refractivity contribution is 6.02. The highest BCUT2D eigenvalue weighted by Crippen LogP contribution is 2.34. The largest absolute Gasteiger partial charge is 0.494 e. The van der Waals surface area contributed by atoms with Gasteiger partial charge in [0.1, 0.15) is 11.3 Å². The number of aromatic nitrogens is 2. The van der Waals surface area contributed by atoms with Crippen LogP contribution in [0.15, 0.2) is 24.5 Å². The summed E-state index contributed by atoms with van der Waals surface area (Å²) >= 11 is 0. The number of piperidine rings is 1. The van der Waals surface area contributed by atoms with E-state index in [1.165, 1.54) is 0 Å². The number of pyridine rings is 1. The normalized spacial score (nSPS) is 19.0. The molecule has 23 heavy (non-hydrogen) atoms. The number of rotatable bonds is 4. The average molecular weight is 314 g/mol. The monoisotopic (exact) mass is 314 g/mol. The highest BCUT2D eigenvalue weighted by atomic mass is 16.5. The average Bonchev–Trinajstić information content (AvgIpc) is 3.32. The van der Waals surface area contributed by atoms with Gasteiger partial charge in [-0.3, -0.25) is 4.79 Å². The van der Waals surface area contributed by atoms with Crippen LogP contribution in [0.1, 0.15) is 36.0 Å². The maximum atomic E-state index is 13.3. The Morgan fingerprint density at radius 2 is 2.04 bits per heavy atom. The Morgan fingerprint density at radius 1 is 1.30 bits per heavy atom. The van der Waals surface area contributed by atoms with Crippen molar-refractivity contribution in [2.75, 3.05) is 20.2 Å². The molecule has 2 aromatic rings. The fraction of sp³-hybridized carbons (Fsp3) is 0.529. The number of carbonyl (C=O) groups is 1. The Bertz CT molecular complexity index is 716. The van der Waals surface area contributed by atoms with Crippen molar-refractivity contribution < 1.29 is 9.53 Å². The predicted octanol–water partition coefficient (Wildman–Crippen LogP) is 1.70. The van der Waals surface area contributed by atoms with Crippen LogP contribution in [0.25, 0.3) is 5.52 Å². The maximum Gasteiger partial charge on any atom is 0.258 e. The number of methoxy groups -OCH3 is 1. The van der Waals surface area contributed by atoms with E-state index in [-0.39, 0.29) is 5.91 Å². The molecule has 1 N–H and O–H groups in total. The van der Waals surface area contributed by atoms with Crippen molar-refractivity contribution in [1.29, 1.82) is 0 Å². The van der Waals surface area contributed by atoms with Crippen molar-refractivity contribution in [3.05, 3.63) is 30.1 Å². The molecule has 1 saturated carbocycles. The van der Waals surface area contributed by atoms with Crippen LogP contribution in [0.3, 0.4) is 0 Å². The van der Waals surface area contributed by atoms with Gasteiger partial charge >= 0.3 is 0 Å². The minimum Gasteiger partial charge on any atom is -0.494 e. The number of amides is 1. The maximum absolute atomic E-state index is 13.3. The van der Waals surface area contributed by atoms with Gasteiger partial charge in [0.25, 0.3) is 5.91 Å². The molecule has 4 rings (SSSR count). The first-order chi connectivity index (χ1) is 11.3. The number of nitrogens with zero attached hydrogens (tertiary/aromatic N) is 3. The SMILES string of the molecule is COc1cccn2ncc(C(=O)N(C3CCNCC3)C3CC3)c12. The van der Waals surface area contributed by atoms with Crippen molar-refractivity contribution >= 4 is 11.4 Å². The molecule has 1 saturated heterocycles. The molecule has 1 amide bonds. The third-order valence-corrected chi connectivity index (χ3v) is 4.83. The van der Waals surface area contributed by atoms with Gasteiger partial charge in [0.15, 0.2) is 0 Å². The fourth-order valence-corrected chi connectivity index (χ4v) is 3.54. The smallest absolute Gasteiger partial charge is 0.258 e. The van der Waals surface area contributed by atoms with Gasteiger partial charge in [-0.15, -0.1) is 0 Å². The van der Waals surface area contributed by atoms with Crippen LogP contribution in [0.4, 0.5) is 0 Å². The Kier molecular flexibility index (Phi) is 3.69. The molecule has 2 aromatic heterocycles. The summed E-state index contributed by atoms with van der Waals surface area (Å²) in [7, 11) is 1.63. The summed E-state index contributed by atoms with van der Waals surface area (Å²) in [5.74, 6) is 0.785. The molecule has 0 radical (unpaired) electrons. The molecule has 0 spiro atoms. The van der Waals surface area contributed by atoms with Crippen LogP contribution in [0, 0.1) is 0 Å². The topological polar surface area (TPSA) is 58.9 Å². The summed E-state index contributed by atoms with van der Waals surface area (Å²) in [6, 6.07) is 4.48. The summed E-state index contributed by atoms with van der Waals surface area (Å²) in [5, 5.41) is 7.71. The first-order valence-electron chi connectivity index (χ1n) is 8.33. The molecular formula is C17H22N4O2. The molecule has 1 aliphatic carbocycles. The van der Waals surface area contributed by atoms with Gasteiger partial charge in [-0.25, -0.2) is 4.52 Å². The van der Waals surface area contributed by atoms with Gasteiger partial charge in [0.05, 0.1) is 18.9 Å². The Labute approximate surface area is 135 Å². The lowest BCUT2D eigenvalue weighted by Gasteiger charge is -2.34. The van der Waals surface area contributed by atoms with Gasteiger partial charge in [-0.05, 0) is 50.9 Å². The second-order valence-corrected chi connectivity index (χ2v) is 6.35. The molecule has 1 aliphatic heterocycles. The van der Waals surface area contributed by atoms with Crippen LogP contribution in [0.2, 0.25) is 0 Å². The van der Waals surface area contributed by atoms with Crippen LogP contribution < -0.4 is 10.1 Å². The van der Waals surface area contributed by atoms with E-state index in [2.05, 4.69) is 15.3 Å². The minimum absolute atomic E-state index is 0.0962. The van der Waals surface area contributed by atoms with Gasteiger partial charge in [-0.1, -0.05) is 0 Å². The van der Waals surface area contributed by atoms with Crippen LogP contribution in [0.5, 0.6) is 5.75 Å². The standard InChI is InChI=1S/C17H22N4O2/c1-23-15-3-2-10-20-16(15)14(11-19-20)17(22)21(12-4-5-12)13-6-8-18-9-7-13/h2-3,10-13,18H,4-9H2,1H3. The zero-order chi connectivity index (χ0) is 15.8. The molecule has 0 unspecified atom stereocenters. The Hall–Kier alpha value is -2.08. The molecule has 6 nitrogen and oxygen atoms in total. The lowest BCUT2D eigenvalue weighted by Crippen LogP contribution is -2.47. The molecule has 122 valence electrons. The van der Waals surface area contributed by atoms with Crippen molar-refractivity contribution in [1.82, 2.24) is 19.8 Å². The van der Waals surface area contributed by atoms with Crippen LogP contribution in [-0.4, -0.2) is 52.7 Å². The summed E-state index contributed by atoms with van der Waals surface area (Å²) in [5.41, 5.74) is 1.41. The van der Waals surface area contributed by atoms with E-state index in [0.717, 1.165) is 44.3 Å². The number of hydrogen-bond donors (Lipinski definition) is 1. The van der Waals surface area contributed by atoms with Gasteiger partial charge in [0.2, 0.25) is 0 Å². The lowest BCUT2D eigenvalue weighted by molar-refractivity contribution is 0.0625. The summed E-state index contributed by atoms with van der Waals surface area (Å²) in [4.78, 5) is 15.4. The Balaban J connectivity index is 1.72. The first kappa shape index (κ1) is 14.5. The number of carbonyl (C=O) groups excluding carboxylic acids is 1. The van der Waals surface area contributed by atoms with Gasteiger partial charge < -0.3 is 15.0 Å². The molecule has 0 atom stereocenters. The van der Waals surface area contributed by atoms with E-state index >= 15 is 0 Å². The van der Waals surface area contributed by atoms with E-state index in [0.29, 0.717) is 23.4 Å². The third-order valence-electron chi connectivity index (χ3n) is 4.83. The molecular weight excluding hydrogens is 292 g/mol. The van der Waals surface area contributed by atoms with E-state index in [1.807, 2.05) is 18.3 Å². The number of nitrogens with one attached hydrogen (secondary N) is 1.